The van der Waals surface area contributed by atoms with E-state index in [-0.39, 0.29) is 13.0 Å². The molecular weight excluding hydrogens is 488 g/mol. The highest BCUT2D eigenvalue weighted by Crippen LogP contribution is 2.38. The van der Waals surface area contributed by atoms with Gasteiger partial charge in [0.25, 0.3) is 0 Å². The van der Waals surface area contributed by atoms with Crippen molar-refractivity contribution in [2.75, 3.05) is 37.6 Å². The quantitative estimate of drug-likeness (QED) is 0.412. The van der Waals surface area contributed by atoms with Crippen molar-refractivity contribution in [1.29, 1.82) is 0 Å². The molecule has 3 amide bonds. The molecule has 2 saturated heterocycles. The van der Waals surface area contributed by atoms with Crippen LogP contribution in [0.5, 0.6) is 5.75 Å². The number of amides is 3. The summed E-state index contributed by atoms with van der Waals surface area (Å²) >= 11 is 6.03. The van der Waals surface area contributed by atoms with Crippen molar-refractivity contribution in [3.63, 3.8) is 0 Å². The minimum atomic E-state index is -1.73. The first-order valence-electron chi connectivity index (χ1n) is 11.7. The maximum absolute atomic E-state index is 13.9. The van der Waals surface area contributed by atoms with Crippen molar-refractivity contribution >= 4 is 35.2 Å². The Kier molecular flexibility index (Phi) is 7.56. The highest BCUT2D eigenvalue weighted by molar-refractivity contribution is 6.30. The van der Waals surface area contributed by atoms with Crippen molar-refractivity contribution in [3.8, 4) is 5.75 Å². The molecule has 4 rings (SSSR count). The Labute approximate surface area is 213 Å². The van der Waals surface area contributed by atoms with Crippen LogP contribution in [0.3, 0.4) is 0 Å². The number of para-hydroxylation sites is 1. The van der Waals surface area contributed by atoms with Gasteiger partial charge in [0.05, 0.1) is 12.5 Å². The van der Waals surface area contributed by atoms with E-state index in [1.165, 1.54) is 6.92 Å². The topological polar surface area (TPSA) is 123 Å². The molecule has 2 aromatic rings. The average Bonchev–Trinajstić information content (AvgIpc) is 2.89. The number of nitrogens with zero attached hydrogens (tertiary/aromatic N) is 3. The van der Waals surface area contributed by atoms with E-state index < -0.39 is 35.5 Å². The van der Waals surface area contributed by atoms with Crippen molar-refractivity contribution in [2.45, 2.75) is 25.0 Å². The van der Waals surface area contributed by atoms with Crippen LogP contribution < -0.4 is 15.1 Å². The van der Waals surface area contributed by atoms with Gasteiger partial charge in [-0.3, -0.25) is 19.7 Å². The molecule has 2 heterocycles. The van der Waals surface area contributed by atoms with Gasteiger partial charge in [0.2, 0.25) is 11.8 Å². The lowest BCUT2D eigenvalue weighted by Crippen LogP contribution is -2.71. The van der Waals surface area contributed by atoms with E-state index in [4.69, 9.17) is 16.3 Å². The number of hydroxylamine groups is 1. The van der Waals surface area contributed by atoms with Crippen molar-refractivity contribution < 1.29 is 29.4 Å². The predicted molar refractivity (Wildman–Crippen MR) is 132 cm³/mol. The van der Waals surface area contributed by atoms with Crippen LogP contribution in [0.2, 0.25) is 5.02 Å². The second kappa shape index (κ2) is 10.6. The lowest BCUT2D eigenvalue weighted by atomic mass is 9.75. The van der Waals surface area contributed by atoms with Gasteiger partial charge in [-0.2, -0.15) is 0 Å². The third kappa shape index (κ3) is 5.05. The summed E-state index contributed by atoms with van der Waals surface area (Å²) in [5, 5.41) is 20.0. The number of rotatable bonds is 5. The van der Waals surface area contributed by atoms with Gasteiger partial charge in [-0.25, -0.2) is 10.3 Å². The van der Waals surface area contributed by atoms with Crippen LogP contribution in [0.25, 0.3) is 0 Å². The van der Waals surface area contributed by atoms with Gasteiger partial charge in [-0.05, 0) is 37.3 Å². The number of carbonyl (C=O) groups excluding carboxylic acids is 2. The molecule has 192 valence electrons. The van der Waals surface area contributed by atoms with Crippen LogP contribution >= 0.6 is 11.6 Å². The highest BCUT2D eigenvalue weighted by Gasteiger charge is 2.57. The number of halogens is 1. The molecule has 0 unspecified atom stereocenters. The maximum Gasteiger partial charge on any atom is 0.408 e. The molecule has 2 aliphatic heterocycles. The number of anilines is 1. The van der Waals surface area contributed by atoms with Gasteiger partial charge >= 0.3 is 6.09 Å². The number of hydrogen-bond acceptors (Lipinski definition) is 6. The van der Waals surface area contributed by atoms with E-state index in [0.29, 0.717) is 37.0 Å². The van der Waals surface area contributed by atoms with Gasteiger partial charge in [-0.1, -0.05) is 35.9 Å². The number of likely N-dealkylation sites (tertiary alicyclic amines) is 1. The fourth-order valence-corrected chi connectivity index (χ4v) is 5.25. The first kappa shape index (κ1) is 25.6. The van der Waals surface area contributed by atoms with E-state index in [0.717, 1.165) is 10.6 Å². The summed E-state index contributed by atoms with van der Waals surface area (Å²) in [5.41, 5.74) is 0.922. The van der Waals surface area contributed by atoms with E-state index >= 15 is 0 Å². The fraction of sp³-hybridized carbons (Fsp3) is 0.400. The van der Waals surface area contributed by atoms with Crippen molar-refractivity contribution in [1.82, 2.24) is 15.3 Å². The molecule has 2 aromatic carbocycles. The zero-order valence-corrected chi connectivity index (χ0v) is 20.6. The molecule has 0 aliphatic carbocycles. The fourth-order valence-electron chi connectivity index (χ4n) is 5.07. The first-order valence-corrected chi connectivity index (χ1v) is 12.1. The number of carboxylic acid groups (broad SMARTS) is 1. The molecule has 0 saturated carbocycles. The van der Waals surface area contributed by atoms with Gasteiger partial charge in [0.1, 0.15) is 17.4 Å². The van der Waals surface area contributed by atoms with E-state index in [1.807, 2.05) is 30.3 Å². The number of benzene rings is 2. The molecule has 11 heteroatoms. The summed E-state index contributed by atoms with van der Waals surface area (Å²) in [5.74, 6) is -2.10. The standard InChI is InChI=1S/C25H29ClN4O6/c1-25(23(32)29-12-10-28(11-13-29)18-7-3-2-4-8-18)21(22(31)27-35)15-20(16-30(25)24(33)34)36-19-9-5-6-17(26)14-19/h2-9,14,20-21,35H,10-13,15-16H2,1H3,(H,27,31)(H,33,34)/t20-,21+,25-/m0/s1. The summed E-state index contributed by atoms with van der Waals surface area (Å²) in [6, 6.07) is 16.4. The lowest BCUT2D eigenvalue weighted by molar-refractivity contribution is -0.161. The van der Waals surface area contributed by atoms with Gasteiger partial charge < -0.3 is 19.6 Å². The summed E-state index contributed by atoms with van der Waals surface area (Å²) in [7, 11) is 0. The monoisotopic (exact) mass is 516 g/mol. The smallest absolute Gasteiger partial charge is 0.408 e. The third-order valence-electron chi connectivity index (χ3n) is 7.00. The Balaban J connectivity index is 1.56. The number of hydrogen-bond donors (Lipinski definition) is 3. The van der Waals surface area contributed by atoms with Gasteiger partial charge in [-0.15, -0.1) is 0 Å². The zero-order chi connectivity index (χ0) is 25.9. The zero-order valence-electron chi connectivity index (χ0n) is 19.8. The summed E-state index contributed by atoms with van der Waals surface area (Å²) in [4.78, 5) is 43.7. The minimum Gasteiger partial charge on any atom is -0.489 e. The van der Waals surface area contributed by atoms with Crippen molar-refractivity contribution in [2.24, 2.45) is 5.92 Å². The predicted octanol–water partition coefficient (Wildman–Crippen LogP) is 2.70. The highest BCUT2D eigenvalue weighted by atomic mass is 35.5. The second-order valence-corrected chi connectivity index (χ2v) is 9.55. The number of piperidine rings is 1. The number of piperazine rings is 1. The Morgan fingerprint density at radius 1 is 1.06 bits per heavy atom. The molecule has 0 aromatic heterocycles. The van der Waals surface area contributed by atoms with E-state index in [1.54, 1.807) is 34.6 Å². The largest absolute Gasteiger partial charge is 0.489 e. The van der Waals surface area contributed by atoms with Crippen LogP contribution in [0.15, 0.2) is 54.6 Å². The Bertz CT molecular complexity index is 1110. The maximum atomic E-state index is 13.9. The molecule has 2 aliphatic rings. The Morgan fingerprint density at radius 3 is 2.36 bits per heavy atom. The average molecular weight is 517 g/mol. The van der Waals surface area contributed by atoms with Crippen LogP contribution in [0.4, 0.5) is 10.5 Å². The first-order chi connectivity index (χ1) is 17.2. The normalized spacial score (nSPS) is 24.2. The molecule has 10 nitrogen and oxygen atoms in total. The third-order valence-corrected chi connectivity index (χ3v) is 7.24. The lowest BCUT2D eigenvalue weighted by Gasteiger charge is -2.51. The van der Waals surface area contributed by atoms with E-state index in [2.05, 4.69) is 4.90 Å². The number of ether oxygens (including phenoxy) is 1. The van der Waals surface area contributed by atoms with Gasteiger partial charge in [0.15, 0.2) is 0 Å². The summed E-state index contributed by atoms with van der Waals surface area (Å²) < 4.78 is 5.94. The molecule has 0 spiro atoms. The summed E-state index contributed by atoms with van der Waals surface area (Å²) in [6.07, 6.45) is -2.07. The second-order valence-electron chi connectivity index (χ2n) is 9.12. The molecule has 0 radical (unpaired) electrons. The SMILES string of the molecule is C[C@@]1(C(=O)N2CCN(c3ccccc3)CC2)[C@@H](C(=O)NO)C[C@H](Oc2cccc(Cl)c2)CN1C(=O)O. The molecule has 36 heavy (non-hydrogen) atoms. The van der Waals surface area contributed by atoms with Crippen LogP contribution in [0.1, 0.15) is 13.3 Å². The molecule has 3 N–H and O–H groups in total. The molecule has 0 bridgehead atoms. The van der Waals surface area contributed by atoms with Crippen LogP contribution in [-0.2, 0) is 9.59 Å². The number of carbonyl (C=O) groups is 3. The van der Waals surface area contributed by atoms with E-state index in [9.17, 15) is 24.7 Å². The summed E-state index contributed by atoms with van der Waals surface area (Å²) in [6.45, 7) is 3.18. The minimum absolute atomic E-state index is 0.0227. The molecule has 3 atom stereocenters. The molecular formula is C25H29ClN4O6. The van der Waals surface area contributed by atoms with Crippen LogP contribution in [0, 0.1) is 5.92 Å². The molecule has 2 fully saturated rings. The Morgan fingerprint density at radius 2 is 1.75 bits per heavy atom. The number of nitrogens with one attached hydrogen (secondary N) is 1. The van der Waals surface area contributed by atoms with Crippen LogP contribution in [-0.4, -0.2) is 82.4 Å². The Hall–Kier alpha value is -3.50. The van der Waals surface area contributed by atoms with Crippen molar-refractivity contribution in [3.05, 3.63) is 59.6 Å². The van der Waals surface area contributed by atoms with Gasteiger partial charge in [0, 0.05) is 43.3 Å².